The molecule has 3 aromatic heterocycles. The van der Waals surface area contributed by atoms with Gasteiger partial charge in [-0.2, -0.15) is 5.10 Å². The second-order valence-electron chi connectivity index (χ2n) is 8.43. The van der Waals surface area contributed by atoms with Gasteiger partial charge in [0.05, 0.1) is 12.2 Å². The van der Waals surface area contributed by atoms with Crippen LogP contribution in [0.2, 0.25) is 0 Å². The van der Waals surface area contributed by atoms with E-state index in [1.807, 2.05) is 59.1 Å². The number of amides is 2. The van der Waals surface area contributed by atoms with Gasteiger partial charge in [-0.05, 0) is 43.4 Å². The molecule has 4 heterocycles. The van der Waals surface area contributed by atoms with Crippen molar-refractivity contribution in [3.05, 3.63) is 48.0 Å². The fraction of sp³-hybridized carbons (Fsp3) is 0.455. The van der Waals surface area contributed by atoms with Crippen LogP contribution < -0.4 is 5.32 Å². The summed E-state index contributed by atoms with van der Waals surface area (Å²) in [5, 5.41) is 7.39. The minimum Gasteiger partial charge on any atom is -0.337 e. The molecule has 1 saturated heterocycles. The zero-order chi connectivity index (χ0) is 21.3. The summed E-state index contributed by atoms with van der Waals surface area (Å²) in [6, 6.07) is 5.95. The first-order valence-electron chi connectivity index (χ1n) is 10.5. The number of imidazole rings is 1. The van der Waals surface area contributed by atoms with Crippen LogP contribution in [0.5, 0.6) is 0 Å². The Labute approximate surface area is 175 Å². The molecule has 0 aliphatic carbocycles. The Bertz CT molecular complexity index is 1060. The van der Waals surface area contributed by atoms with Crippen molar-refractivity contribution in [1.29, 1.82) is 0 Å². The van der Waals surface area contributed by atoms with Gasteiger partial charge in [0.2, 0.25) is 5.91 Å². The lowest BCUT2D eigenvalue weighted by Gasteiger charge is -2.32. The zero-order valence-corrected chi connectivity index (χ0v) is 17.7. The van der Waals surface area contributed by atoms with Gasteiger partial charge in [0.15, 0.2) is 0 Å². The quantitative estimate of drug-likeness (QED) is 0.702. The number of nitrogens with one attached hydrogen (secondary N) is 1. The molecule has 3 aromatic rings. The van der Waals surface area contributed by atoms with E-state index in [1.165, 1.54) is 0 Å². The molecule has 0 bridgehead atoms. The van der Waals surface area contributed by atoms with E-state index in [-0.39, 0.29) is 17.9 Å². The van der Waals surface area contributed by atoms with E-state index in [9.17, 15) is 9.59 Å². The second-order valence-corrected chi connectivity index (χ2v) is 8.43. The minimum atomic E-state index is -0.0410. The lowest BCUT2D eigenvalue weighted by atomic mass is 10.0. The number of rotatable bonds is 5. The molecule has 8 nitrogen and oxygen atoms in total. The van der Waals surface area contributed by atoms with Crippen LogP contribution in [-0.4, -0.2) is 49.0 Å². The topological polar surface area (TPSA) is 84.5 Å². The van der Waals surface area contributed by atoms with E-state index >= 15 is 0 Å². The van der Waals surface area contributed by atoms with Gasteiger partial charge in [-0.25, -0.2) is 9.67 Å². The fourth-order valence-corrected chi connectivity index (χ4v) is 3.93. The van der Waals surface area contributed by atoms with Crippen LogP contribution in [0.4, 0.5) is 5.82 Å². The first-order chi connectivity index (χ1) is 14.4. The number of piperidine rings is 1. The van der Waals surface area contributed by atoms with Gasteiger partial charge in [0.25, 0.3) is 5.91 Å². The lowest BCUT2D eigenvalue weighted by Crippen LogP contribution is -2.39. The number of nitrogens with zero attached hydrogens (tertiary/aromatic N) is 5. The van der Waals surface area contributed by atoms with Crippen molar-refractivity contribution in [3.63, 3.8) is 0 Å². The van der Waals surface area contributed by atoms with Crippen molar-refractivity contribution in [2.45, 2.75) is 46.1 Å². The number of aromatic nitrogens is 4. The molecule has 2 amide bonds. The highest BCUT2D eigenvalue weighted by Crippen LogP contribution is 2.26. The van der Waals surface area contributed by atoms with Crippen LogP contribution in [0, 0.1) is 12.8 Å². The molecule has 0 radical (unpaired) electrons. The van der Waals surface area contributed by atoms with E-state index in [0.29, 0.717) is 31.1 Å². The third-order valence-electron chi connectivity index (χ3n) is 5.46. The van der Waals surface area contributed by atoms with Gasteiger partial charge < -0.3 is 14.6 Å². The summed E-state index contributed by atoms with van der Waals surface area (Å²) in [5.41, 5.74) is 2.37. The number of hydrogen-bond acceptors (Lipinski definition) is 4. The number of fused-ring (bicyclic) bond motifs is 1. The van der Waals surface area contributed by atoms with Crippen LogP contribution in [-0.2, 0) is 4.79 Å². The molecule has 1 aliphatic rings. The summed E-state index contributed by atoms with van der Waals surface area (Å²) in [6.07, 6.45) is 7.48. The molecule has 1 fully saturated rings. The second kappa shape index (κ2) is 8.30. The maximum Gasteiger partial charge on any atom is 0.274 e. The van der Waals surface area contributed by atoms with Crippen molar-refractivity contribution in [2.75, 3.05) is 18.4 Å². The van der Waals surface area contributed by atoms with Crippen LogP contribution in [0.25, 0.3) is 5.65 Å². The number of aryl methyl sites for hydroxylation is 1. The smallest absolute Gasteiger partial charge is 0.274 e. The highest BCUT2D eigenvalue weighted by atomic mass is 16.2. The van der Waals surface area contributed by atoms with Gasteiger partial charge >= 0.3 is 0 Å². The molecule has 0 saturated carbocycles. The molecule has 8 heteroatoms. The van der Waals surface area contributed by atoms with E-state index in [0.717, 1.165) is 29.9 Å². The number of anilines is 1. The predicted octanol–water partition coefficient (Wildman–Crippen LogP) is 3.30. The average Bonchev–Trinajstić information content (AvgIpc) is 3.33. The monoisotopic (exact) mass is 408 g/mol. The number of carbonyl (C=O) groups is 2. The highest BCUT2D eigenvalue weighted by molar-refractivity contribution is 5.93. The van der Waals surface area contributed by atoms with Gasteiger partial charge in [0.1, 0.15) is 17.2 Å². The molecule has 0 atom stereocenters. The summed E-state index contributed by atoms with van der Waals surface area (Å²) in [4.78, 5) is 31.4. The van der Waals surface area contributed by atoms with Crippen LogP contribution in [0.15, 0.2) is 36.8 Å². The van der Waals surface area contributed by atoms with Crippen molar-refractivity contribution in [3.8, 4) is 0 Å². The summed E-state index contributed by atoms with van der Waals surface area (Å²) in [6.45, 7) is 7.32. The maximum absolute atomic E-state index is 12.9. The minimum absolute atomic E-state index is 0.00134. The summed E-state index contributed by atoms with van der Waals surface area (Å²) < 4.78 is 3.76. The van der Waals surface area contributed by atoms with Crippen LogP contribution in [0.3, 0.4) is 0 Å². The Morgan fingerprint density at radius 1 is 1.23 bits per heavy atom. The average molecular weight is 409 g/mol. The Kier molecular flexibility index (Phi) is 5.57. The number of carbonyl (C=O) groups excluding carboxylic acids is 2. The molecule has 0 aromatic carbocycles. The fourth-order valence-electron chi connectivity index (χ4n) is 3.93. The first kappa shape index (κ1) is 20.1. The summed E-state index contributed by atoms with van der Waals surface area (Å²) >= 11 is 0. The third-order valence-corrected chi connectivity index (χ3v) is 5.46. The van der Waals surface area contributed by atoms with Crippen LogP contribution in [0.1, 0.15) is 55.2 Å². The van der Waals surface area contributed by atoms with E-state index in [1.54, 1.807) is 12.4 Å². The van der Waals surface area contributed by atoms with Gasteiger partial charge in [-0.3, -0.25) is 9.59 Å². The Balaban J connectivity index is 1.40. The normalized spacial score (nSPS) is 15.1. The SMILES string of the molecule is Cc1ccn2cc(C(=O)N3CCC(n4nccc4NC(=O)CC(C)C)CC3)nc2c1. The number of hydrogen-bond donors (Lipinski definition) is 1. The number of likely N-dealkylation sites (tertiary alicyclic amines) is 1. The Morgan fingerprint density at radius 2 is 2.00 bits per heavy atom. The van der Waals surface area contributed by atoms with Crippen molar-refractivity contribution >= 4 is 23.3 Å². The Hall–Kier alpha value is -3.16. The Morgan fingerprint density at radius 3 is 2.73 bits per heavy atom. The third kappa shape index (κ3) is 4.22. The van der Waals surface area contributed by atoms with Crippen LogP contribution >= 0.6 is 0 Å². The molecule has 158 valence electrons. The van der Waals surface area contributed by atoms with Gasteiger partial charge in [-0.1, -0.05) is 13.8 Å². The van der Waals surface area contributed by atoms with Crippen molar-refractivity contribution in [1.82, 2.24) is 24.1 Å². The molecule has 1 aliphatic heterocycles. The van der Waals surface area contributed by atoms with E-state index < -0.39 is 0 Å². The van der Waals surface area contributed by atoms with Crippen molar-refractivity contribution in [2.24, 2.45) is 5.92 Å². The summed E-state index contributed by atoms with van der Waals surface area (Å²) in [7, 11) is 0. The zero-order valence-electron chi connectivity index (χ0n) is 17.7. The van der Waals surface area contributed by atoms with Crippen molar-refractivity contribution < 1.29 is 9.59 Å². The summed E-state index contributed by atoms with van der Waals surface area (Å²) in [5.74, 6) is 0.988. The van der Waals surface area contributed by atoms with Gasteiger partial charge in [-0.15, -0.1) is 0 Å². The molecule has 0 spiro atoms. The maximum atomic E-state index is 12.9. The number of pyridine rings is 1. The molecule has 1 N–H and O–H groups in total. The molecular weight excluding hydrogens is 380 g/mol. The lowest BCUT2D eigenvalue weighted by molar-refractivity contribution is -0.116. The standard InChI is InChI=1S/C22H28N6O2/c1-15(2)12-21(29)25-19-4-8-23-28(19)17-6-10-26(11-7-17)22(30)18-14-27-9-5-16(3)13-20(27)24-18/h4-5,8-9,13-15,17H,6-7,10-12H2,1-3H3,(H,25,29). The first-order valence-corrected chi connectivity index (χ1v) is 10.5. The highest BCUT2D eigenvalue weighted by Gasteiger charge is 2.27. The molecular formula is C22H28N6O2. The molecule has 30 heavy (non-hydrogen) atoms. The molecule has 0 unspecified atom stereocenters. The predicted molar refractivity (Wildman–Crippen MR) is 114 cm³/mol. The largest absolute Gasteiger partial charge is 0.337 e. The molecule has 4 rings (SSSR count). The van der Waals surface area contributed by atoms with Gasteiger partial charge in [0, 0.05) is 38.0 Å². The van der Waals surface area contributed by atoms with E-state index in [2.05, 4.69) is 15.4 Å². The van der Waals surface area contributed by atoms with E-state index in [4.69, 9.17) is 0 Å².